The van der Waals surface area contributed by atoms with Gasteiger partial charge in [-0.25, -0.2) is 0 Å². The van der Waals surface area contributed by atoms with Gasteiger partial charge in [0.05, 0.1) is 7.11 Å². The molecule has 0 bridgehead atoms. The van der Waals surface area contributed by atoms with Crippen LogP contribution < -0.4 is 10.1 Å². The van der Waals surface area contributed by atoms with Crippen LogP contribution in [0, 0.1) is 0 Å². The van der Waals surface area contributed by atoms with E-state index in [1.54, 1.807) is 7.11 Å². The third kappa shape index (κ3) is 3.72. The molecule has 1 heterocycles. The van der Waals surface area contributed by atoms with Gasteiger partial charge in [0.1, 0.15) is 5.75 Å². The predicted molar refractivity (Wildman–Crippen MR) is 73.0 cm³/mol. The molecule has 0 aromatic heterocycles. The van der Waals surface area contributed by atoms with Crippen molar-refractivity contribution < 1.29 is 9.47 Å². The lowest BCUT2D eigenvalue weighted by atomic mass is 10.0. The first-order chi connectivity index (χ1) is 8.79. The summed E-state index contributed by atoms with van der Waals surface area (Å²) in [5.74, 6) is 0.911. The Kier molecular flexibility index (Phi) is 5.02. The molecule has 1 saturated heterocycles. The molecule has 18 heavy (non-hydrogen) atoms. The van der Waals surface area contributed by atoms with Gasteiger partial charge in [0, 0.05) is 25.3 Å². The minimum atomic E-state index is 0.374. The molecule has 3 nitrogen and oxygen atoms in total. The van der Waals surface area contributed by atoms with E-state index in [1.165, 1.54) is 12.0 Å². The number of benzene rings is 1. The molecule has 1 fully saturated rings. The average molecular weight is 249 g/mol. The number of hydrogen-bond acceptors (Lipinski definition) is 3. The number of methoxy groups -OCH3 is 1. The summed E-state index contributed by atoms with van der Waals surface area (Å²) in [6.07, 6.45) is 3.48. The fourth-order valence-corrected chi connectivity index (χ4v) is 2.41. The van der Waals surface area contributed by atoms with Crippen molar-refractivity contribution >= 4 is 0 Å². The van der Waals surface area contributed by atoms with Crippen LogP contribution in [-0.4, -0.2) is 26.4 Å². The molecule has 1 aromatic rings. The topological polar surface area (TPSA) is 30.5 Å². The predicted octanol–water partition coefficient (Wildman–Crippen LogP) is 2.91. The van der Waals surface area contributed by atoms with E-state index in [9.17, 15) is 0 Å². The first-order valence-electron chi connectivity index (χ1n) is 6.77. The molecule has 0 amide bonds. The standard InChI is InChI=1S/C15H23NO2/c1-12(13-5-7-15(17-2)8-6-13)16-14-4-3-10-18-11-9-14/h5-8,12,14,16H,3-4,9-11H2,1-2H3/t12-,14?/m1/s1. The van der Waals surface area contributed by atoms with Crippen molar-refractivity contribution in [2.24, 2.45) is 0 Å². The molecule has 1 aliphatic heterocycles. The summed E-state index contributed by atoms with van der Waals surface area (Å²) in [6.45, 7) is 4.01. The SMILES string of the molecule is COc1ccc([C@@H](C)NC2CCCOCC2)cc1. The molecular weight excluding hydrogens is 226 g/mol. The number of rotatable bonds is 4. The highest BCUT2D eigenvalue weighted by molar-refractivity contribution is 5.28. The number of ether oxygens (including phenoxy) is 2. The molecular formula is C15H23NO2. The lowest BCUT2D eigenvalue weighted by Gasteiger charge is -2.22. The Morgan fingerprint density at radius 3 is 2.72 bits per heavy atom. The summed E-state index contributed by atoms with van der Waals surface area (Å²) >= 11 is 0. The van der Waals surface area contributed by atoms with Gasteiger partial charge in [-0.3, -0.25) is 0 Å². The number of nitrogens with one attached hydrogen (secondary N) is 1. The van der Waals surface area contributed by atoms with Gasteiger partial charge in [-0.2, -0.15) is 0 Å². The second-order valence-electron chi connectivity index (χ2n) is 4.90. The van der Waals surface area contributed by atoms with Crippen molar-refractivity contribution in [3.05, 3.63) is 29.8 Å². The molecule has 0 spiro atoms. The molecule has 0 aliphatic carbocycles. The van der Waals surface area contributed by atoms with E-state index in [-0.39, 0.29) is 0 Å². The van der Waals surface area contributed by atoms with Crippen molar-refractivity contribution in [2.75, 3.05) is 20.3 Å². The highest BCUT2D eigenvalue weighted by Crippen LogP contribution is 2.19. The Labute approximate surface area is 109 Å². The highest BCUT2D eigenvalue weighted by atomic mass is 16.5. The molecule has 1 aromatic carbocycles. The average Bonchev–Trinajstić information content (AvgIpc) is 2.67. The third-order valence-corrected chi connectivity index (χ3v) is 3.55. The van der Waals surface area contributed by atoms with E-state index in [0.717, 1.165) is 31.8 Å². The minimum Gasteiger partial charge on any atom is -0.497 e. The molecule has 2 atom stereocenters. The largest absolute Gasteiger partial charge is 0.497 e. The van der Waals surface area contributed by atoms with Gasteiger partial charge in [0.2, 0.25) is 0 Å². The van der Waals surface area contributed by atoms with Crippen LogP contribution in [0.4, 0.5) is 0 Å². The van der Waals surface area contributed by atoms with Crippen LogP contribution in [-0.2, 0) is 4.74 Å². The Morgan fingerprint density at radius 2 is 2.00 bits per heavy atom. The van der Waals surface area contributed by atoms with Gasteiger partial charge in [-0.05, 0) is 43.9 Å². The fraction of sp³-hybridized carbons (Fsp3) is 0.600. The quantitative estimate of drug-likeness (QED) is 0.890. The summed E-state index contributed by atoms with van der Waals surface area (Å²) in [5.41, 5.74) is 1.31. The zero-order valence-electron chi connectivity index (χ0n) is 11.3. The molecule has 3 heteroatoms. The van der Waals surface area contributed by atoms with Gasteiger partial charge in [0.25, 0.3) is 0 Å². The van der Waals surface area contributed by atoms with Crippen molar-refractivity contribution in [1.82, 2.24) is 5.32 Å². The maximum absolute atomic E-state index is 5.49. The zero-order chi connectivity index (χ0) is 12.8. The zero-order valence-corrected chi connectivity index (χ0v) is 11.3. The van der Waals surface area contributed by atoms with Crippen molar-refractivity contribution in [2.45, 2.75) is 38.3 Å². The second-order valence-corrected chi connectivity index (χ2v) is 4.90. The first-order valence-corrected chi connectivity index (χ1v) is 6.77. The van der Waals surface area contributed by atoms with Crippen LogP contribution in [0.3, 0.4) is 0 Å². The Morgan fingerprint density at radius 1 is 1.22 bits per heavy atom. The lowest BCUT2D eigenvalue weighted by molar-refractivity contribution is 0.142. The second kappa shape index (κ2) is 6.76. The van der Waals surface area contributed by atoms with Gasteiger partial charge < -0.3 is 14.8 Å². The summed E-state index contributed by atoms with van der Waals surface area (Å²) in [4.78, 5) is 0. The third-order valence-electron chi connectivity index (χ3n) is 3.55. The molecule has 0 saturated carbocycles. The van der Waals surface area contributed by atoms with E-state index in [2.05, 4.69) is 24.4 Å². The lowest BCUT2D eigenvalue weighted by Crippen LogP contribution is -2.31. The molecule has 0 radical (unpaired) electrons. The molecule has 100 valence electrons. The van der Waals surface area contributed by atoms with Gasteiger partial charge >= 0.3 is 0 Å². The summed E-state index contributed by atoms with van der Waals surface area (Å²) in [7, 11) is 1.70. The normalized spacial score (nSPS) is 22.2. The van der Waals surface area contributed by atoms with Crippen molar-refractivity contribution in [3.8, 4) is 5.75 Å². The van der Waals surface area contributed by atoms with E-state index >= 15 is 0 Å². The minimum absolute atomic E-state index is 0.374. The van der Waals surface area contributed by atoms with E-state index in [4.69, 9.17) is 9.47 Å². The maximum Gasteiger partial charge on any atom is 0.118 e. The molecule has 1 aliphatic rings. The van der Waals surface area contributed by atoms with Crippen LogP contribution in [0.2, 0.25) is 0 Å². The summed E-state index contributed by atoms with van der Waals surface area (Å²) < 4.78 is 10.7. The Hall–Kier alpha value is -1.06. The van der Waals surface area contributed by atoms with Crippen molar-refractivity contribution in [1.29, 1.82) is 0 Å². The van der Waals surface area contributed by atoms with E-state index in [0.29, 0.717) is 12.1 Å². The van der Waals surface area contributed by atoms with Crippen LogP contribution >= 0.6 is 0 Å². The van der Waals surface area contributed by atoms with Crippen LogP contribution in [0.5, 0.6) is 5.75 Å². The first kappa shape index (κ1) is 13.4. The van der Waals surface area contributed by atoms with Gasteiger partial charge in [0.15, 0.2) is 0 Å². The molecule has 2 rings (SSSR count). The van der Waals surface area contributed by atoms with Gasteiger partial charge in [-0.1, -0.05) is 12.1 Å². The fourth-order valence-electron chi connectivity index (χ4n) is 2.41. The highest BCUT2D eigenvalue weighted by Gasteiger charge is 2.15. The van der Waals surface area contributed by atoms with Crippen LogP contribution in [0.25, 0.3) is 0 Å². The molecule has 1 unspecified atom stereocenters. The van der Waals surface area contributed by atoms with Crippen LogP contribution in [0.1, 0.15) is 37.8 Å². The Bertz CT molecular complexity index is 342. The van der Waals surface area contributed by atoms with Crippen LogP contribution in [0.15, 0.2) is 24.3 Å². The maximum atomic E-state index is 5.49. The summed E-state index contributed by atoms with van der Waals surface area (Å²) in [5, 5.41) is 3.69. The molecule has 1 N–H and O–H groups in total. The van der Waals surface area contributed by atoms with Crippen molar-refractivity contribution in [3.63, 3.8) is 0 Å². The smallest absolute Gasteiger partial charge is 0.118 e. The van der Waals surface area contributed by atoms with Gasteiger partial charge in [-0.15, -0.1) is 0 Å². The van der Waals surface area contributed by atoms with E-state index < -0.39 is 0 Å². The van der Waals surface area contributed by atoms with E-state index in [1.807, 2.05) is 12.1 Å². The summed E-state index contributed by atoms with van der Waals surface area (Å²) in [6, 6.07) is 9.24. The Balaban J connectivity index is 1.90. The monoisotopic (exact) mass is 249 g/mol. The number of hydrogen-bond donors (Lipinski definition) is 1.